The van der Waals surface area contributed by atoms with Gasteiger partial charge < -0.3 is 10.1 Å². The van der Waals surface area contributed by atoms with E-state index < -0.39 is 0 Å². The summed E-state index contributed by atoms with van der Waals surface area (Å²) >= 11 is 0. The second-order valence-corrected chi connectivity index (χ2v) is 6.31. The Balaban J connectivity index is 1.97. The van der Waals surface area contributed by atoms with Crippen LogP contribution in [0.3, 0.4) is 0 Å². The number of benzene rings is 1. The summed E-state index contributed by atoms with van der Waals surface area (Å²) in [5, 5.41) is 3.44. The monoisotopic (exact) mass is 290 g/mol. The summed E-state index contributed by atoms with van der Waals surface area (Å²) in [6, 6.07) is 6.68. The van der Waals surface area contributed by atoms with Crippen molar-refractivity contribution in [3.05, 3.63) is 29.3 Å². The first kappa shape index (κ1) is 16.3. The van der Waals surface area contributed by atoms with Gasteiger partial charge in [0.2, 0.25) is 0 Å². The van der Waals surface area contributed by atoms with Gasteiger partial charge >= 0.3 is 0 Å². The highest BCUT2D eigenvalue weighted by atomic mass is 16.5. The van der Waals surface area contributed by atoms with Crippen LogP contribution < -0.4 is 10.1 Å². The minimum absolute atomic E-state index is 0.832. The molecule has 0 bridgehead atoms. The second-order valence-electron chi connectivity index (χ2n) is 6.31. The van der Waals surface area contributed by atoms with Gasteiger partial charge in [0.1, 0.15) is 5.75 Å². The zero-order valence-corrected chi connectivity index (χ0v) is 13.8. The molecule has 118 valence electrons. The van der Waals surface area contributed by atoms with Crippen LogP contribution in [-0.2, 0) is 13.1 Å². The number of nitrogens with zero attached hydrogens (tertiary/aromatic N) is 1. The highest BCUT2D eigenvalue weighted by Gasteiger charge is 2.16. The van der Waals surface area contributed by atoms with Crippen LogP contribution in [0.15, 0.2) is 18.2 Å². The highest BCUT2D eigenvalue weighted by molar-refractivity contribution is 5.37. The largest absolute Gasteiger partial charge is 0.496 e. The van der Waals surface area contributed by atoms with Crippen molar-refractivity contribution in [2.45, 2.75) is 46.2 Å². The van der Waals surface area contributed by atoms with E-state index in [2.05, 4.69) is 42.3 Å². The molecule has 1 unspecified atom stereocenters. The molecular weight excluding hydrogens is 260 g/mol. The first-order chi connectivity index (χ1) is 10.2. The number of ether oxygens (including phenoxy) is 1. The molecule has 0 radical (unpaired) electrons. The highest BCUT2D eigenvalue weighted by Crippen LogP contribution is 2.23. The average Bonchev–Trinajstić information content (AvgIpc) is 2.48. The van der Waals surface area contributed by atoms with Gasteiger partial charge in [0.25, 0.3) is 0 Å². The number of nitrogens with one attached hydrogen (secondary N) is 1. The summed E-state index contributed by atoms with van der Waals surface area (Å²) in [5.74, 6) is 1.85. The lowest BCUT2D eigenvalue weighted by molar-refractivity contribution is 0.176. The molecule has 1 aromatic carbocycles. The summed E-state index contributed by atoms with van der Waals surface area (Å²) < 4.78 is 5.57. The van der Waals surface area contributed by atoms with Gasteiger partial charge in [0.15, 0.2) is 0 Å². The van der Waals surface area contributed by atoms with Gasteiger partial charge in [-0.3, -0.25) is 4.90 Å². The normalized spacial score (nSPS) is 19.7. The van der Waals surface area contributed by atoms with Crippen molar-refractivity contribution in [3.63, 3.8) is 0 Å². The van der Waals surface area contributed by atoms with Crippen LogP contribution >= 0.6 is 0 Å². The number of rotatable bonds is 7. The Kier molecular flexibility index (Phi) is 6.52. The first-order valence-corrected chi connectivity index (χ1v) is 8.31. The first-order valence-electron chi connectivity index (χ1n) is 8.31. The maximum Gasteiger partial charge on any atom is 0.123 e. The molecule has 3 nitrogen and oxygen atoms in total. The molecule has 1 aliphatic heterocycles. The van der Waals surface area contributed by atoms with Crippen molar-refractivity contribution in [1.29, 1.82) is 0 Å². The average molecular weight is 290 g/mol. The van der Waals surface area contributed by atoms with Crippen LogP contribution in [-0.4, -0.2) is 31.6 Å². The lowest BCUT2D eigenvalue weighted by Gasteiger charge is -2.31. The minimum Gasteiger partial charge on any atom is -0.496 e. The lowest BCUT2D eigenvalue weighted by atomic mass is 9.99. The maximum absolute atomic E-state index is 5.57. The van der Waals surface area contributed by atoms with E-state index in [-0.39, 0.29) is 0 Å². The molecule has 0 spiro atoms. The Morgan fingerprint density at radius 2 is 2.24 bits per heavy atom. The molecule has 0 amide bonds. The summed E-state index contributed by atoms with van der Waals surface area (Å²) in [6.45, 7) is 9.98. The molecule has 21 heavy (non-hydrogen) atoms. The summed E-state index contributed by atoms with van der Waals surface area (Å²) in [4.78, 5) is 2.57. The Hall–Kier alpha value is -1.06. The maximum atomic E-state index is 5.57. The Morgan fingerprint density at radius 1 is 1.38 bits per heavy atom. The predicted molar refractivity (Wildman–Crippen MR) is 88.7 cm³/mol. The predicted octanol–water partition coefficient (Wildman–Crippen LogP) is 3.43. The number of hydrogen-bond donors (Lipinski definition) is 1. The van der Waals surface area contributed by atoms with Crippen molar-refractivity contribution in [2.24, 2.45) is 5.92 Å². The van der Waals surface area contributed by atoms with Gasteiger partial charge in [0, 0.05) is 25.2 Å². The van der Waals surface area contributed by atoms with Crippen molar-refractivity contribution < 1.29 is 4.74 Å². The van der Waals surface area contributed by atoms with E-state index in [9.17, 15) is 0 Å². The zero-order valence-electron chi connectivity index (χ0n) is 13.8. The van der Waals surface area contributed by atoms with E-state index in [1.165, 1.54) is 37.1 Å². The van der Waals surface area contributed by atoms with Crippen LogP contribution in [0.1, 0.15) is 44.2 Å². The summed E-state index contributed by atoms with van der Waals surface area (Å²) in [5.41, 5.74) is 2.61. The van der Waals surface area contributed by atoms with Crippen LogP contribution in [0.2, 0.25) is 0 Å². The van der Waals surface area contributed by atoms with Crippen LogP contribution in [0.4, 0.5) is 0 Å². The third kappa shape index (κ3) is 5.01. The molecule has 0 saturated carbocycles. The Labute approximate surface area is 129 Å². The van der Waals surface area contributed by atoms with E-state index in [0.29, 0.717) is 0 Å². The van der Waals surface area contributed by atoms with Gasteiger partial charge in [0.05, 0.1) is 7.11 Å². The van der Waals surface area contributed by atoms with Crippen molar-refractivity contribution in [3.8, 4) is 5.75 Å². The van der Waals surface area contributed by atoms with E-state index in [0.717, 1.165) is 37.7 Å². The van der Waals surface area contributed by atoms with Crippen LogP contribution in [0.5, 0.6) is 5.75 Å². The molecule has 1 saturated heterocycles. The van der Waals surface area contributed by atoms with Crippen molar-refractivity contribution in [1.82, 2.24) is 10.2 Å². The molecule has 0 aromatic heterocycles. The van der Waals surface area contributed by atoms with Gasteiger partial charge in [-0.1, -0.05) is 26.0 Å². The lowest BCUT2D eigenvalue weighted by Crippen LogP contribution is -2.33. The van der Waals surface area contributed by atoms with Crippen molar-refractivity contribution in [2.75, 3.05) is 26.7 Å². The number of likely N-dealkylation sites (tertiary alicyclic amines) is 1. The smallest absolute Gasteiger partial charge is 0.123 e. The molecular formula is C18H30N2O. The molecule has 1 N–H and O–H groups in total. The SMILES string of the molecule is CCCNCc1ccc(CN2CCCC(C)C2)cc1OC. The number of methoxy groups -OCH3 is 1. The standard InChI is InChI=1S/C18H30N2O/c1-4-9-19-12-17-8-7-16(11-18(17)21-3)14-20-10-5-6-15(2)13-20/h7-8,11,15,19H,4-6,9-10,12-14H2,1-3H3. The van der Waals surface area contributed by atoms with Gasteiger partial charge in [-0.2, -0.15) is 0 Å². The van der Waals surface area contributed by atoms with E-state index >= 15 is 0 Å². The zero-order chi connectivity index (χ0) is 15.1. The van der Waals surface area contributed by atoms with Crippen LogP contribution in [0, 0.1) is 5.92 Å². The van der Waals surface area contributed by atoms with E-state index in [4.69, 9.17) is 4.74 Å². The summed E-state index contributed by atoms with van der Waals surface area (Å²) in [6.07, 6.45) is 3.87. The number of piperidine rings is 1. The van der Waals surface area contributed by atoms with E-state index in [1.54, 1.807) is 7.11 Å². The Bertz CT molecular complexity index is 433. The molecule has 1 fully saturated rings. The molecule has 1 atom stereocenters. The van der Waals surface area contributed by atoms with Gasteiger partial charge in [-0.05, 0) is 49.9 Å². The molecule has 1 heterocycles. The topological polar surface area (TPSA) is 24.5 Å². The Morgan fingerprint density at radius 3 is 2.95 bits per heavy atom. The fraction of sp³-hybridized carbons (Fsp3) is 0.667. The van der Waals surface area contributed by atoms with Gasteiger partial charge in [-0.15, -0.1) is 0 Å². The number of hydrogen-bond acceptors (Lipinski definition) is 3. The third-order valence-electron chi connectivity index (χ3n) is 4.24. The minimum atomic E-state index is 0.832. The summed E-state index contributed by atoms with van der Waals surface area (Å²) in [7, 11) is 1.77. The van der Waals surface area contributed by atoms with Crippen molar-refractivity contribution >= 4 is 0 Å². The molecule has 1 aliphatic rings. The second kappa shape index (κ2) is 8.40. The quantitative estimate of drug-likeness (QED) is 0.779. The molecule has 2 rings (SSSR count). The fourth-order valence-corrected chi connectivity index (χ4v) is 3.12. The molecule has 0 aliphatic carbocycles. The molecule has 1 aromatic rings. The van der Waals surface area contributed by atoms with Crippen LogP contribution in [0.25, 0.3) is 0 Å². The van der Waals surface area contributed by atoms with Gasteiger partial charge in [-0.25, -0.2) is 0 Å². The fourth-order valence-electron chi connectivity index (χ4n) is 3.12. The van der Waals surface area contributed by atoms with E-state index in [1.807, 2.05) is 0 Å². The molecule has 3 heteroatoms. The third-order valence-corrected chi connectivity index (χ3v) is 4.24.